The Labute approximate surface area is 210 Å². The molecule has 192 valence electrons. The van der Waals surface area contributed by atoms with Crippen LogP contribution in [0.2, 0.25) is 0 Å². The van der Waals surface area contributed by atoms with Crippen LogP contribution in [-0.2, 0) is 63.8 Å². The first-order chi connectivity index (χ1) is 17.3. The van der Waals surface area contributed by atoms with Gasteiger partial charge in [-0.25, -0.2) is 0 Å². The predicted octanol–water partition coefficient (Wildman–Crippen LogP) is 3.26. The van der Waals surface area contributed by atoms with Gasteiger partial charge in [-0.2, -0.15) is 0 Å². The number of esters is 4. The molecule has 0 saturated carbocycles. The summed E-state index contributed by atoms with van der Waals surface area (Å²) in [6.45, 7) is 7.45. The first-order valence-corrected chi connectivity index (χ1v) is 12.5. The van der Waals surface area contributed by atoms with Gasteiger partial charge in [0.25, 0.3) is 0 Å². The summed E-state index contributed by atoms with van der Waals surface area (Å²) in [5.74, 6) is -2.37. The van der Waals surface area contributed by atoms with Crippen molar-refractivity contribution in [2.75, 3.05) is 26.4 Å². The number of carbonyl (C=O) groups excluding carboxylic acids is 4. The maximum atomic E-state index is 13.1. The highest BCUT2D eigenvalue weighted by atomic mass is 16.6. The molecule has 2 aromatic rings. The minimum absolute atomic E-state index is 0.152. The lowest BCUT2D eigenvalue weighted by Crippen LogP contribution is -2.48. The Morgan fingerprint density at radius 1 is 0.528 bits per heavy atom. The molecule has 0 radical (unpaired) electrons. The number of hydrogen-bond donors (Lipinski definition) is 0. The molecule has 0 heterocycles. The molecule has 2 aliphatic rings. The average Bonchev–Trinajstić information content (AvgIpc) is 2.87. The molecule has 0 unspecified atom stereocenters. The molecule has 0 bridgehead atoms. The van der Waals surface area contributed by atoms with Gasteiger partial charge in [0, 0.05) is 25.7 Å². The fourth-order valence-corrected chi connectivity index (χ4v) is 5.63. The van der Waals surface area contributed by atoms with Crippen LogP contribution in [0.15, 0.2) is 24.3 Å². The van der Waals surface area contributed by atoms with Crippen LogP contribution in [0.5, 0.6) is 0 Å². The molecule has 0 amide bonds. The number of benzene rings is 2. The van der Waals surface area contributed by atoms with E-state index in [1.54, 1.807) is 27.7 Å². The lowest BCUT2D eigenvalue weighted by atomic mass is 9.65. The van der Waals surface area contributed by atoms with E-state index in [0.29, 0.717) is 0 Å². The van der Waals surface area contributed by atoms with E-state index in [9.17, 15) is 19.2 Å². The zero-order chi connectivity index (χ0) is 26.1. The van der Waals surface area contributed by atoms with Crippen LogP contribution in [0.3, 0.4) is 0 Å². The van der Waals surface area contributed by atoms with E-state index in [0.717, 1.165) is 33.0 Å². The summed E-state index contributed by atoms with van der Waals surface area (Å²) in [4.78, 5) is 52.4. The molecule has 0 atom stereocenters. The maximum Gasteiger partial charge on any atom is 0.324 e. The van der Waals surface area contributed by atoms with Crippen molar-refractivity contribution in [1.82, 2.24) is 0 Å². The van der Waals surface area contributed by atoms with Gasteiger partial charge in [0.05, 0.1) is 26.4 Å². The standard InChI is InChI=1S/C28H32O8/c1-5-33-23(29)27(24(30)34-6-2)13-17-9-11-19-15-28(25(31)35-7-3,26(32)36-8-4)16-20-12-10-18(14-27)21(17)22(19)20/h9-12H,5-8,13-16H2,1-4H3. The van der Waals surface area contributed by atoms with Crippen LogP contribution in [0.25, 0.3) is 10.8 Å². The smallest absolute Gasteiger partial charge is 0.324 e. The Morgan fingerprint density at radius 3 is 0.944 bits per heavy atom. The molecule has 0 aliphatic heterocycles. The summed E-state index contributed by atoms with van der Waals surface area (Å²) in [7, 11) is 0. The van der Waals surface area contributed by atoms with Gasteiger partial charge in [-0.15, -0.1) is 0 Å². The number of ether oxygens (including phenoxy) is 4. The summed E-state index contributed by atoms with van der Waals surface area (Å²) in [5.41, 5.74) is 0.406. The van der Waals surface area contributed by atoms with E-state index in [1.165, 1.54) is 0 Å². The fourth-order valence-electron chi connectivity index (χ4n) is 5.63. The summed E-state index contributed by atoms with van der Waals surface area (Å²) >= 11 is 0. The van der Waals surface area contributed by atoms with Crippen molar-refractivity contribution in [3.8, 4) is 0 Å². The van der Waals surface area contributed by atoms with E-state index < -0.39 is 34.7 Å². The van der Waals surface area contributed by atoms with Crippen molar-refractivity contribution in [2.45, 2.75) is 53.4 Å². The molecule has 8 nitrogen and oxygen atoms in total. The molecule has 36 heavy (non-hydrogen) atoms. The highest BCUT2D eigenvalue weighted by Gasteiger charge is 2.54. The Balaban J connectivity index is 1.84. The van der Waals surface area contributed by atoms with Crippen LogP contribution < -0.4 is 0 Å². The summed E-state index contributed by atoms with van der Waals surface area (Å²) in [5, 5.41) is 1.91. The molecule has 4 rings (SSSR count). The number of carbonyl (C=O) groups is 4. The van der Waals surface area contributed by atoms with E-state index in [1.807, 2.05) is 24.3 Å². The van der Waals surface area contributed by atoms with Crippen LogP contribution in [0.1, 0.15) is 49.9 Å². The van der Waals surface area contributed by atoms with Crippen LogP contribution in [-0.4, -0.2) is 50.3 Å². The van der Waals surface area contributed by atoms with Crippen molar-refractivity contribution in [3.05, 3.63) is 46.5 Å². The van der Waals surface area contributed by atoms with Crippen LogP contribution in [0.4, 0.5) is 0 Å². The molecular weight excluding hydrogens is 464 g/mol. The van der Waals surface area contributed by atoms with E-state index >= 15 is 0 Å². The third kappa shape index (κ3) is 3.92. The lowest BCUT2D eigenvalue weighted by molar-refractivity contribution is -0.174. The molecule has 0 aromatic heterocycles. The third-order valence-corrected chi connectivity index (χ3v) is 7.14. The van der Waals surface area contributed by atoms with Gasteiger partial charge in [0.15, 0.2) is 10.8 Å². The van der Waals surface area contributed by atoms with E-state index in [4.69, 9.17) is 18.9 Å². The fraction of sp³-hybridized carbons (Fsp3) is 0.500. The van der Waals surface area contributed by atoms with Crippen LogP contribution in [0, 0.1) is 10.8 Å². The summed E-state index contributed by atoms with van der Waals surface area (Å²) in [6, 6.07) is 7.46. The average molecular weight is 497 g/mol. The molecule has 8 heteroatoms. The van der Waals surface area contributed by atoms with Gasteiger partial charge in [-0.1, -0.05) is 24.3 Å². The van der Waals surface area contributed by atoms with Gasteiger partial charge in [0.2, 0.25) is 0 Å². The number of rotatable bonds is 8. The normalized spacial score (nSPS) is 16.7. The summed E-state index contributed by atoms with van der Waals surface area (Å²) < 4.78 is 21.3. The molecule has 0 N–H and O–H groups in total. The second kappa shape index (κ2) is 9.91. The second-order valence-electron chi connectivity index (χ2n) is 9.27. The minimum Gasteiger partial charge on any atom is -0.465 e. The highest BCUT2D eigenvalue weighted by Crippen LogP contribution is 2.47. The molecule has 0 spiro atoms. The Kier molecular flexibility index (Phi) is 7.07. The SMILES string of the molecule is CCOC(=O)C1(C(=O)OCC)Cc2ccc3c4c(ccc(c24)C1)CC(C(=O)OCC)(C(=O)OCC)C3. The minimum atomic E-state index is -1.46. The molecule has 0 fully saturated rings. The second-order valence-corrected chi connectivity index (χ2v) is 9.27. The molecule has 2 aromatic carbocycles. The Bertz CT molecular complexity index is 1040. The van der Waals surface area contributed by atoms with Crippen molar-refractivity contribution < 1.29 is 38.1 Å². The van der Waals surface area contributed by atoms with Crippen molar-refractivity contribution in [2.24, 2.45) is 10.8 Å². The number of hydrogen-bond acceptors (Lipinski definition) is 8. The first kappa shape index (κ1) is 25.7. The van der Waals surface area contributed by atoms with E-state index in [-0.39, 0.29) is 52.1 Å². The van der Waals surface area contributed by atoms with Gasteiger partial charge in [-0.3, -0.25) is 19.2 Å². The van der Waals surface area contributed by atoms with Gasteiger partial charge >= 0.3 is 23.9 Å². The molecular formula is C28H32O8. The van der Waals surface area contributed by atoms with Crippen molar-refractivity contribution in [1.29, 1.82) is 0 Å². The van der Waals surface area contributed by atoms with Gasteiger partial charge in [0.1, 0.15) is 0 Å². The quantitative estimate of drug-likeness (QED) is 0.312. The Hall–Kier alpha value is -3.42. The lowest BCUT2D eigenvalue weighted by Gasteiger charge is -2.38. The maximum absolute atomic E-state index is 13.1. The first-order valence-electron chi connectivity index (χ1n) is 12.5. The monoisotopic (exact) mass is 496 g/mol. The largest absolute Gasteiger partial charge is 0.465 e. The summed E-state index contributed by atoms with van der Waals surface area (Å²) in [6.07, 6.45) is 0.606. The van der Waals surface area contributed by atoms with Crippen molar-refractivity contribution in [3.63, 3.8) is 0 Å². The third-order valence-electron chi connectivity index (χ3n) is 7.14. The zero-order valence-corrected chi connectivity index (χ0v) is 21.2. The van der Waals surface area contributed by atoms with Gasteiger partial charge in [-0.05, 0) is 60.7 Å². The highest BCUT2D eigenvalue weighted by molar-refractivity contribution is 6.07. The van der Waals surface area contributed by atoms with Crippen molar-refractivity contribution >= 4 is 34.6 Å². The van der Waals surface area contributed by atoms with Gasteiger partial charge < -0.3 is 18.9 Å². The Morgan fingerprint density at radius 2 is 0.750 bits per heavy atom. The zero-order valence-electron chi connectivity index (χ0n) is 21.2. The van der Waals surface area contributed by atoms with E-state index in [2.05, 4.69) is 0 Å². The molecule has 0 saturated heterocycles. The van der Waals surface area contributed by atoms with Crippen LogP contribution >= 0.6 is 0 Å². The topological polar surface area (TPSA) is 105 Å². The molecule has 2 aliphatic carbocycles. The predicted molar refractivity (Wildman–Crippen MR) is 130 cm³/mol.